The van der Waals surface area contributed by atoms with Gasteiger partial charge in [0.2, 0.25) is 0 Å². The van der Waals surface area contributed by atoms with E-state index in [0.717, 1.165) is 0 Å². The van der Waals surface area contributed by atoms with Crippen LogP contribution in [0.25, 0.3) is 0 Å². The van der Waals surface area contributed by atoms with E-state index in [4.69, 9.17) is 99.0 Å². The minimum absolute atomic E-state index is 0.0204. The number of halogens is 2. The van der Waals surface area contributed by atoms with Crippen molar-refractivity contribution in [3.63, 3.8) is 0 Å². The van der Waals surface area contributed by atoms with Crippen molar-refractivity contribution in [2.24, 2.45) is 47.3 Å². The average Bonchev–Trinajstić information content (AvgIpc) is 1.59. The molecule has 570 valence electrons. The molecule has 10 fully saturated rings. The number of hydrogen-bond acceptors (Lipinski definition) is 24. The second-order valence-electron chi connectivity index (χ2n) is 31.9. The van der Waals surface area contributed by atoms with Crippen LogP contribution in [-0.2, 0) is 99.8 Å². The van der Waals surface area contributed by atoms with Crippen molar-refractivity contribution >= 4 is 52.9 Å². The molecule has 0 saturated carbocycles. The zero-order valence-electron chi connectivity index (χ0n) is 63.2. The number of ether oxygens (including phenoxy) is 16. The van der Waals surface area contributed by atoms with Crippen LogP contribution in [0.1, 0.15) is 191 Å². The number of carbonyl (C=O) groups is 5. The van der Waals surface area contributed by atoms with Gasteiger partial charge >= 0.3 is 23.9 Å². The first-order chi connectivity index (χ1) is 46.2. The topological polar surface area (TPSA) is 260 Å². The summed E-state index contributed by atoms with van der Waals surface area (Å²) >= 11 is 9.53. The van der Waals surface area contributed by atoms with Crippen LogP contribution in [0.5, 0.6) is 0 Å². The monoisotopic (exact) mass is 1450 g/mol. The summed E-state index contributed by atoms with van der Waals surface area (Å²) in [6, 6.07) is -0.303. The standard InChI is InChI=1S/C36H61NO11.C36H59NO11.CH2Cl2/c2*1-12-26-36(11,48-34(8,9)46-26)31-23(6)28-19(2)18-35(10,47-28)30(21(4)27(39)22(5)32(40)44-31)45-33-29(43-24(7)38)25(17-20(3)42-33)37-13-15-41-16-14-37;2-1-3/h19-23,25-31,33,39H,12-18H2,1-11H3;19-23,25-26,28-31,33H,12-18H2,1-11H3;1H2/t19?,20?,21-,22+,23-,25?,26+,27-,28?,29?,30+,31+,33-,35-,36+;19?,20?,21-,22+,23-,25?,26+,28?,29?,30+,31+,33-,35-,36+;/m00./s1. The van der Waals surface area contributed by atoms with Gasteiger partial charge in [0.15, 0.2) is 42.1 Å². The first kappa shape index (κ1) is 82.2. The predicted octanol–water partition coefficient (Wildman–Crippen LogP) is 9.30. The number of hydrogen-bond donors (Lipinski definition) is 1. The molecule has 0 amide bonds. The first-order valence-corrected chi connectivity index (χ1v) is 37.8. The molecule has 24 nitrogen and oxygen atoms in total. The summed E-state index contributed by atoms with van der Waals surface area (Å²) in [6.45, 7) is 46.6. The molecule has 0 aromatic carbocycles. The molecule has 10 saturated heterocycles. The normalized spacial score (nSPS) is 46.8. The quantitative estimate of drug-likeness (QED) is 0.0825. The summed E-state index contributed by atoms with van der Waals surface area (Å²) < 4.78 is 102. The molecule has 0 aliphatic carbocycles. The molecule has 10 heterocycles. The Kier molecular flexibility index (Phi) is 27.5. The highest BCUT2D eigenvalue weighted by Crippen LogP contribution is 2.53. The Bertz CT molecular complexity index is 2720. The fraction of sp³-hybridized carbons (Fsp3) is 0.932. The molecule has 0 aromatic rings. The highest BCUT2D eigenvalue weighted by molar-refractivity contribution is 6.40. The van der Waals surface area contributed by atoms with Gasteiger partial charge in [-0.1, -0.05) is 55.4 Å². The van der Waals surface area contributed by atoms with Crippen LogP contribution in [0, 0.1) is 47.3 Å². The van der Waals surface area contributed by atoms with Crippen LogP contribution in [0.4, 0.5) is 0 Å². The van der Waals surface area contributed by atoms with Gasteiger partial charge in [-0.15, -0.1) is 23.2 Å². The number of nitrogens with zero attached hydrogens (tertiary/aromatic N) is 2. The lowest BCUT2D eigenvalue weighted by molar-refractivity contribution is -0.305. The molecular weight excluding hydrogens is 1330 g/mol. The lowest BCUT2D eigenvalue weighted by Gasteiger charge is -2.48. The third kappa shape index (κ3) is 18.0. The Hall–Kier alpha value is -2.47. The molecule has 10 unspecified atom stereocenters. The van der Waals surface area contributed by atoms with Gasteiger partial charge < -0.3 is 80.9 Å². The molecule has 4 bridgehead atoms. The molecule has 10 rings (SSSR count). The van der Waals surface area contributed by atoms with Gasteiger partial charge in [-0.05, 0) is 133 Å². The largest absolute Gasteiger partial charge is 0.459 e. The van der Waals surface area contributed by atoms with Crippen LogP contribution >= 0.6 is 23.2 Å². The van der Waals surface area contributed by atoms with Crippen molar-refractivity contribution in [1.29, 1.82) is 0 Å². The minimum atomic E-state index is -1.14. The molecule has 26 heteroatoms. The molecule has 0 radical (unpaired) electrons. The van der Waals surface area contributed by atoms with Gasteiger partial charge in [0.05, 0.1) is 116 Å². The van der Waals surface area contributed by atoms with Gasteiger partial charge in [-0.25, -0.2) is 0 Å². The highest BCUT2D eigenvalue weighted by atomic mass is 35.5. The molecule has 10 aliphatic heterocycles. The summed E-state index contributed by atoms with van der Waals surface area (Å²) in [6.07, 6.45) is -5.36. The number of esters is 4. The van der Waals surface area contributed by atoms with Gasteiger partial charge in [0.1, 0.15) is 29.3 Å². The Morgan fingerprint density at radius 1 is 0.545 bits per heavy atom. The van der Waals surface area contributed by atoms with Crippen molar-refractivity contribution in [1.82, 2.24) is 9.80 Å². The number of Topliss-reactive ketones (excluding diaryl/α,β-unsaturated/α-hetero) is 1. The summed E-state index contributed by atoms with van der Waals surface area (Å²) in [4.78, 5) is 71.6. The molecule has 29 atom stereocenters. The molecule has 0 aromatic heterocycles. The summed E-state index contributed by atoms with van der Waals surface area (Å²) in [5.74, 6) is -7.91. The Morgan fingerprint density at radius 2 is 0.919 bits per heavy atom. The van der Waals surface area contributed by atoms with Crippen LogP contribution in [0.3, 0.4) is 0 Å². The minimum Gasteiger partial charge on any atom is -0.459 e. The van der Waals surface area contributed by atoms with Gasteiger partial charge in [-0.3, -0.25) is 33.8 Å². The van der Waals surface area contributed by atoms with E-state index in [-0.39, 0.29) is 83.5 Å². The number of ketones is 1. The van der Waals surface area contributed by atoms with E-state index < -0.39 is 137 Å². The lowest BCUT2D eigenvalue weighted by Crippen LogP contribution is -2.62. The number of aliphatic hydroxyl groups excluding tert-OH is 1. The fourth-order valence-electron chi connectivity index (χ4n) is 18.8. The number of morpholine rings is 2. The van der Waals surface area contributed by atoms with Crippen LogP contribution < -0.4 is 0 Å². The zero-order chi connectivity index (χ0) is 73.4. The Morgan fingerprint density at radius 3 is 1.30 bits per heavy atom. The van der Waals surface area contributed by atoms with E-state index in [0.29, 0.717) is 91.1 Å². The third-order valence-electron chi connectivity index (χ3n) is 23.0. The summed E-state index contributed by atoms with van der Waals surface area (Å²) in [5, 5.41) is 12.1. The van der Waals surface area contributed by atoms with Crippen molar-refractivity contribution in [2.45, 2.75) is 329 Å². The molecule has 10 aliphatic rings. The third-order valence-corrected chi connectivity index (χ3v) is 23.0. The van der Waals surface area contributed by atoms with E-state index in [2.05, 4.69) is 23.6 Å². The number of alkyl halides is 2. The van der Waals surface area contributed by atoms with Crippen LogP contribution in [0.15, 0.2) is 0 Å². The van der Waals surface area contributed by atoms with Crippen molar-refractivity contribution in [2.75, 3.05) is 57.9 Å². The highest BCUT2D eigenvalue weighted by Gasteiger charge is 2.65. The summed E-state index contributed by atoms with van der Waals surface area (Å²) in [7, 11) is 0. The second kappa shape index (κ2) is 33.1. The van der Waals surface area contributed by atoms with E-state index in [9.17, 15) is 29.1 Å². The SMILES string of the molecule is CC[C@H]1OC(C)(C)O[C@@]1(C)[C@@H]1OC(=O)[C@H](C)C(=O)[C@H](C)[C@@H](O[C@@H]2OC(C)CC(N3CCOCC3)C2OC(C)=O)[C@]2(C)CC(C)C(O2)[C@@H]1C.CC[C@H]1OC(C)(C)O[C@@]1(C)[C@@H]1OC(=O)[C@H](C)[C@@H](O)[C@H](C)[C@@H](O[C@@H]2OC(C)CC(N3CCOCC3)C2OC(C)=O)[C@]2(C)CC(C)C(O2)[C@@H]1C.ClCCl. The maximum Gasteiger partial charge on any atom is 0.316 e. The smallest absolute Gasteiger partial charge is 0.316 e. The van der Waals surface area contributed by atoms with E-state index in [1.54, 1.807) is 20.8 Å². The number of rotatable bonds is 12. The molecule has 0 spiro atoms. The maximum atomic E-state index is 14.2. The Labute approximate surface area is 599 Å². The van der Waals surface area contributed by atoms with Gasteiger partial charge in [-0.2, -0.15) is 0 Å². The second-order valence-corrected chi connectivity index (χ2v) is 32.7. The average molecular weight is 1450 g/mol. The number of cyclic esters (lactones) is 2. The first-order valence-electron chi connectivity index (χ1n) is 36.7. The van der Waals surface area contributed by atoms with Crippen molar-refractivity contribution in [3.8, 4) is 0 Å². The molecule has 1 N–H and O–H groups in total. The number of carbonyl (C=O) groups excluding carboxylic acids is 5. The van der Waals surface area contributed by atoms with Crippen LogP contribution in [-0.4, -0.2) is 241 Å². The molecular formula is C73H122Cl2N2O22. The Balaban J connectivity index is 0.000000243. The van der Waals surface area contributed by atoms with Crippen molar-refractivity contribution < 1.29 is 105 Å². The van der Waals surface area contributed by atoms with Crippen molar-refractivity contribution in [3.05, 3.63) is 0 Å². The zero-order valence-corrected chi connectivity index (χ0v) is 64.7. The maximum absolute atomic E-state index is 14.2. The predicted molar refractivity (Wildman–Crippen MR) is 365 cm³/mol. The number of fused-ring (bicyclic) bond motifs is 4. The van der Waals surface area contributed by atoms with Crippen LogP contribution in [0.2, 0.25) is 0 Å². The lowest BCUT2D eigenvalue weighted by atomic mass is 9.76. The summed E-state index contributed by atoms with van der Waals surface area (Å²) in [5.41, 5.74) is -3.76. The number of aliphatic hydroxyl groups is 1. The van der Waals surface area contributed by atoms with Gasteiger partial charge in [0, 0.05) is 63.7 Å². The van der Waals surface area contributed by atoms with E-state index >= 15 is 0 Å². The van der Waals surface area contributed by atoms with E-state index in [1.807, 2.05) is 104 Å². The van der Waals surface area contributed by atoms with E-state index in [1.165, 1.54) is 13.8 Å². The van der Waals surface area contributed by atoms with Gasteiger partial charge in [0.25, 0.3) is 0 Å². The fourth-order valence-corrected chi connectivity index (χ4v) is 18.8. The molecule has 99 heavy (non-hydrogen) atoms.